The van der Waals surface area contributed by atoms with E-state index in [-0.39, 0.29) is 11.7 Å². The highest BCUT2D eigenvalue weighted by molar-refractivity contribution is 7.80. The van der Waals surface area contributed by atoms with Crippen LogP contribution in [0.3, 0.4) is 0 Å². The van der Waals surface area contributed by atoms with Crippen LogP contribution in [0.25, 0.3) is 6.08 Å². The Morgan fingerprint density at radius 1 is 1.21 bits per heavy atom. The molecule has 1 aromatic carbocycles. The zero-order chi connectivity index (χ0) is 18.2. The van der Waals surface area contributed by atoms with Crippen molar-refractivity contribution in [2.24, 2.45) is 5.73 Å². The van der Waals surface area contributed by atoms with E-state index in [2.05, 4.69) is 16.0 Å². The maximum Gasteiger partial charge on any atom is 0.245 e. The number of carbonyl (C=O) groups excluding carboxylic acids is 2. The highest BCUT2D eigenvalue weighted by atomic mass is 35.6. The smallest absolute Gasteiger partial charge is 0.245 e. The topological polar surface area (TPSA) is 96.2 Å². The van der Waals surface area contributed by atoms with Crippen LogP contribution < -0.4 is 21.7 Å². The van der Waals surface area contributed by atoms with Gasteiger partial charge in [0.25, 0.3) is 0 Å². The van der Waals surface area contributed by atoms with Crippen LogP contribution in [0, 0.1) is 0 Å². The quantitative estimate of drug-likeness (QED) is 0.247. The lowest BCUT2D eigenvalue weighted by Crippen LogP contribution is -2.57. The Balaban J connectivity index is 2.65. The molecule has 1 unspecified atom stereocenters. The number of nitrogens with one attached hydrogen (secondary N) is 3. The molecule has 0 aliphatic rings. The zero-order valence-electron chi connectivity index (χ0n) is 12.3. The Hall–Kier alpha value is -1.54. The van der Waals surface area contributed by atoms with Gasteiger partial charge in [0.1, 0.15) is 6.17 Å². The van der Waals surface area contributed by atoms with Gasteiger partial charge in [-0.2, -0.15) is 0 Å². The largest absolute Gasteiger partial charge is 0.368 e. The Bertz CT molecular complexity index is 620. The predicted octanol–water partition coefficient (Wildman–Crippen LogP) is 1.46. The first kappa shape index (κ1) is 20.5. The first-order valence-corrected chi connectivity index (χ1v) is 8.15. The van der Waals surface area contributed by atoms with Crippen molar-refractivity contribution >= 4 is 70.0 Å². The molecule has 1 aromatic rings. The number of hydrogen-bond acceptors (Lipinski definition) is 3. The molecule has 2 amide bonds. The summed E-state index contributed by atoms with van der Waals surface area (Å²) in [5, 5.41) is 7.58. The lowest BCUT2D eigenvalue weighted by Gasteiger charge is -2.27. The van der Waals surface area contributed by atoms with Crippen molar-refractivity contribution in [3.05, 3.63) is 42.0 Å². The number of rotatable bonds is 6. The number of carbonyl (C=O) groups is 2. The molecule has 1 atom stereocenters. The van der Waals surface area contributed by atoms with Crippen molar-refractivity contribution in [3.8, 4) is 0 Å². The predicted molar refractivity (Wildman–Crippen MR) is 101 cm³/mol. The van der Waals surface area contributed by atoms with E-state index in [1.807, 2.05) is 30.3 Å². The molecule has 0 aliphatic heterocycles. The van der Waals surface area contributed by atoms with Gasteiger partial charge in [0.05, 0.1) is 6.54 Å². The van der Waals surface area contributed by atoms with Crippen molar-refractivity contribution in [2.75, 3.05) is 6.54 Å². The van der Waals surface area contributed by atoms with Gasteiger partial charge < -0.3 is 21.7 Å². The minimum Gasteiger partial charge on any atom is -0.368 e. The Labute approximate surface area is 159 Å². The lowest BCUT2D eigenvalue weighted by atomic mass is 10.2. The molecule has 0 fully saturated rings. The van der Waals surface area contributed by atoms with Crippen molar-refractivity contribution in [3.63, 3.8) is 0 Å². The minimum atomic E-state index is -1.88. The fraction of sp³-hybridized carbons (Fsp3) is 0.214. The highest BCUT2D eigenvalue weighted by Gasteiger charge is 2.34. The molecule has 0 aliphatic carbocycles. The number of alkyl halides is 3. The van der Waals surface area contributed by atoms with Crippen LogP contribution in [0.15, 0.2) is 36.4 Å². The second kappa shape index (κ2) is 9.68. The maximum atomic E-state index is 12.0. The van der Waals surface area contributed by atoms with E-state index in [0.717, 1.165) is 5.56 Å². The van der Waals surface area contributed by atoms with Crippen molar-refractivity contribution in [1.82, 2.24) is 16.0 Å². The SMILES string of the molecule is NC(=O)CNC(=S)NC(NC(=O)/C=C/c1ccccc1)C(Cl)(Cl)Cl. The van der Waals surface area contributed by atoms with E-state index in [1.54, 1.807) is 6.08 Å². The lowest BCUT2D eigenvalue weighted by molar-refractivity contribution is -0.118. The molecule has 0 saturated carbocycles. The number of nitrogens with two attached hydrogens (primary N) is 1. The second-order valence-electron chi connectivity index (χ2n) is 4.52. The van der Waals surface area contributed by atoms with Gasteiger partial charge in [-0.3, -0.25) is 9.59 Å². The molecule has 0 radical (unpaired) electrons. The third-order valence-electron chi connectivity index (χ3n) is 2.54. The molecule has 0 aromatic heterocycles. The Kier molecular flexibility index (Phi) is 8.27. The molecular weight excluding hydrogens is 395 g/mol. The summed E-state index contributed by atoms with van der Waals surface area (Å²) in [4.78, 5) is 22.7. The van der Waals surface area contributed by atoms with Crippen LogP contribution >= 0.6 is 47.0 Å². The number of halogens is 3. The minimum absolute atomic E-state index is 0.00235. The standard InChI is InChI=1S/C14H15Cl3N4O2S/c15-14(16,17)12(21-13(24)19-8-10(18)22)20-11(23)7-6-9-4-2-1-3-5-9/h1-7,12H,8H2,(H2,18,22)(H,20,23)(H2,19,21,24)/b7-6+. The molecule has 6 nitrogen and oxygen atoms in total. The molecule has 5 N–H and O–H groups in total. The zero-order valence-corrected chi connectivity index (χ0v) is 15.3. The fourth-order valence-corrected chi connectivity index (χ4v) is 1.99. The third-order valence-corrected chi connectivity index (χ3v) is 3.46. The van der Waals surface area contributed by atoms with E-state index in [1.165, 1.54) is 6.08 Å². The third kappa shape index (κ3) is 8.35. The summed E-state index contributed by atoms with van der Waals surface area (Å²) in [6, 6.07) is 9.20. The van der Waals surface area contributed by atoms with Crippen LogP contribution in [-0.2, 0) is 9.59 Å². The summed E-state index contributed by atoms with van der Waals surface area (Å²) in [6.07, 6.45) is 1.78. The molecule has 0 heterocycles. The van der Waals surface area contributed by atoms with E-state index in [0.29, 0.717) is 0 Å². The van der Waals surface area contributed by atoms with Crippen LogP contribution in [0.1, 0.15) is 5.56 Å². The van der Waals surface area contributed by atoms with Crippen LogP contribution in [0.2, 0.25) is 0 Å². The van der Waals surface area contributed by atoms with Gasteiger partial charge in [-0.25, -0.2) is 0 Å². The molecule has 1 rings (SSSR count). The maximum absolute atomic E-state index is 12.0. The van der Waals surface area contributed by atoms with Crippen LogP contribution in [0.5, 0.6) is 0 Å². The normalized spacial score (nSPS) is 12.5. The number of primary amides is 1. The number of benzene rings is 1. The summed E-state index contributed by atoms with van der Waals surface area (Å²) in [6.45, 7) is -0.194. The Morgan fingerprint density at radius 2 is 1.83 bits per heavy atom. The molecular formula is C14H15Cl3N4O2S. The first-order valence-electron chi connectivity index (χ1n) is 6.61. The molecule has 0 spiro atoms. The number of hydrogen-bond donors (Lipinski definition) is 4. The van der Waals surface area contributed by atoms with Crippen molar-refractivity contribution in [2.45, 2.75) is 9.96 Å². The number of thiocarbonyl (C=S) groups is 1. The summed E-state index contributed by atoms with van der Waals surface area (Å²) in [5.74, 6) is -1.11. The van der Waals surface area contributed by atoms with Crippen molar-refractivity contribution in [1.29, 1.82) is 0 Å². The van der Waals surface area contributed by atoms with Gasteiger partial charge in [-0.05, 0) is 23.9 Å². The number of amides is 2. The second-order valence-corrected chi connectivity index (χ2v) is 7.30. The van der Waals surface area contributed by atoms with E-state index in [9.17, 15) is 9.59 Å². The molecule has 0 bridgehead atoms. The van der Waals surface area contributed by atoms with E-state index >= 15 is 0 Å². The highest BCUT2D eigenvalue weighted by Crippen LogP contribution is 2.29. The fourth-order valence-electron chi connectivity index (χ4n) is 1.48. The van der Waals surface area contributed by atoms with Crippen LogP contribution in [0.4, 0.5) is 0 Å². The van der Waals surface area contributed by atoms with Gasteiger partial charge in [-0.15, -0.1) is 0 Å². The van der Waals surface area contributed by atoms with Gasteiger partial charge >= 0.3 is 0 Å². The van der Waals surface area contributed by atoms with Gasteiger partial charge in [0, 0.05) is 6.08 Å². The average Bonchev–Trinajstić information content (AvgIpc) is 2.50. The summed E-state index contributed by atoms with van der Waals surface area (Å²) in [7, 11) is 0. The van der Waals surface area contributed by atoms with Gasteiger partial charge in [-0.1, -0.05) is 65.1 Å². The monoisotopic (exact) mass is 408 g/mol. The Morgan fingerprint density at radius 3 is 2.38 bits per heavy atom. The molecule has 10 heteroatoms. The van der Waals surface area contributed by atoms with E-state index in [4.69, 9.17) is 52.8 Å². The first-order chi connectivity index (χ1) is 11.2. The molecule has 130 valence electrons. The summed E-state index contributed by atoms with van der Waals surface area (Å²) in [5.41, 5.74) is 5.82. The van der Waals surface area contributed by atoms with Gasteiger partial charge in [0.2, 0.25) is 15.6 Å². The molecule has 0 saturated heterocycles. The van der Waals surface area contributed by atoms with Crippen LogP contribution in [-0.4, -0.2) is 33.4 Å². The summed E-state index contributed by atoms with van der Waals surface area (Å²) < 4.78 is -1.88. The van der Waals surface area contributed by atoms with Gasteiger partial charge in [0.15, 0.2) is 5.11 Å². The molecule has 24 heavy (non-hydrogen) atoms. The van der Waals surface area contributed by atoms with E-state index < -0.39 is 21.8 Å². The summed E-state index contributed by atoms with van der Waals surface area (Å²) >= 11 is 22.4. The average molecular weight is 410 g/mol. The van der Waals surface area contributed by atoms with Crippen molar-refractivity contribution < 1.29 is 9.59 Å².